The molecule has 1 amide bonds. The fraction of sp³-hybridized carbons (Fsp3) is 0.303. The lowest BCUT2D eigenvalue weighted by molar-refractivity contribution is -0.137. The zero-order valence-corrected chi connectivity index (χ0v) is 22.4. The highest BCUT2D eigenvalue weighted by Gasteiger charge is 2.52. The minimum absolute atomic E-state index is 0.0301. The van der Waals surface area contributed by atoms with E-state index in [4.69, 9.17) is 0 Å². The van der Waals surface area contributed by atoms with Gasteiger partial charge >= 0.3 is 0 Å². The number of carbonyl (C=O) groups is 1. The molecule has 1 aliphatic heterocycles. The normalized spacial score (nSPS) is 23.2. The Balaban J connectivity index is 1.43. The van der Waals surface area contributed by atoms with Crippen molar-refractivity contribution in [2.75, 3.05) is 20.6 Å². The van der Waals surface area contributed by atoms with Crippen LogP contribution in [0.4, 0.5) is 8.78 Å². The predicted octanol–water partition coefficient (Wildman–Crippen LogP) is 6.77. The van der Waals surface area contributed by atoms with E-state index in [1.54, 1.807) is 30.3 Å². The van der Waals surface area contributed by atoms with Crippen molar-refractivity contribution in [1.29, 1.82) is 0 Å². The van der Waals surface area contributed by atoms with Gasteiger partial charge in [-0.3, -0.25) is 9.69 Å². The molecule has 1 aromatic heterocycles. The molecule has 1 N–H and O–H groups in total. The van der Waals surface area contributed by atoms with Crippen LogP contribution in [-0.2, 0) is 22.3 Å². The van der Waals surface area contributed by atoms with E-state index < -0.39 is 5.54 Å². The molecule has 4 aromatic rings. The number of fused-ring (bicyclic) bond motifs is 4. The summed E-state index contributed by atoms with van der Waals surface area (Å²) in [4.78, 5) is 21.7. The van der Waals surface area contributed by atoms with Gasteiger partial charge in [-0.25, -0.2) is 8.78 Å². The van der Waals surface area contributed by atoms with E-state index in [-0.39, 0.29) is 23.1 Å². The second-order valence-corrected chi connectivity index (χ2v) is 11.1. The number of benzene rings is 3. The summed E-state index contributed by atoms with van der Waals surface area (Å²) >= 11 is 0. The van der Waals surface area contributed by atoms with E-state index in [1.807, 2.05) is 61.5 Å². The molecule has 0 radical (unpaired) electrons. The lowest BCUT2D eigenvalue weighted by Crippen LogP contribution is -2.58. The fourth-order valence-electron chi connectivity index (χ4n) is 6.96. The molecule has 6 heteroatoms. The van der Waals surface area contributed by atoms with E-state index in [2.05, 4.69) is 9.88 Å². The van der Waals surface area contributed by atoms with Crippen LogP contribution in [0.25, 0.3) is 17.0 Å². The third-order valence-corrected chi connectivity index (χ3v) is 9.04. The van der Waals surface area contributed by atoms with E-state index in [0.29, 0.717) is 25.8 Å². The van der Waals surface area contributed by atoms with Crippen molar-refractivity contribution < 1.29 is 13.6 Å². The minimum atomic E-state index is -0.561. The molecule has 1 spiro atoms. The maximum Gasteiger partial charge on any atom is 0.247 e. The standard InChI is InChI=1S/C33H33F2N3O/c1-37(2)32(24-9-6-10-25(34)21-24)16-18-33(19-17-32)31-27(28-22-26(35)12-13-29(28)36-31)15-20-38(33)30(39)14-11-23-7-4-3-5-8-23/h3-14,21-22,36H,15-20H2,1-2H3/b14-11+. The van der Waals surface area contributed by atoms with Gasteiger partial charge in [0.15, 0.2) is 0 Å². The molecule has 3 aromatic carbocycles. The third kappa shape index (κ3) is 4.27. The molecule has 2 aliphatic rings. The van der Waals surface area contributed by atoms with Crippen LogP contribution in [0.15, 0.2) is 78.9 Å². The van der Waals surface area contributed by atoms with Gasteiger partial charge in [0.25, 0.3) is 0 Å². The number of nitrogens with one attached hydrogen (secondary N) is 1. The summed E-state index contributed by atoms with van der Waals surface area (Å²) in [5.74, 6) is -0.532. The van der Waals surface area contributed by atoms with E-state index in [1.165, 1.54) is 12.1 Å². The zero-order chi connectivity index (χ0) is 27.2. The van der Waals surface area contributed by atoms with Gasteiger partial charge in [-0.05, 0) is 99.3 Å². The topological polar surface area (TPSA) is 39.3 Å². The Morgan fingerprint density at radius 3 is 2.38 bits per heavy atom. The Kier molecular flexibility index (Phi) is 6.38. The molecule has 1 fully saturated rings. The minimum Gasteiger partial charge on any atom is -0.356 e. The SMILES string of the molecule is CN(C)C1(c2cccc(F)c2)CCC2(CC1)c1[nH]c3ccc(F)cc3c1CCN2C(=O)/C=C/c1ccccc1. The van der Waals surface area contributed by atoms with Crippen molar-refractivity contribution >= 4 is 22.9 Å². The summed E-state index contributed by atoms with van der Waals surface area (Å²) in [5.41, 5.74) is 4.03. The van der Waals surface area contributed by atoms with Gasteiger partial charge in [-0.1, -0.05) is 42.5 Å². The van der Waals surface area contributed by atoms with E-state index in [9.17, 15) is 13.6 Å². The Labute approximate surface area is 227 Å². The van der Waals surface area contributed by atoms with Crippen LogP contribution in [0.2, 0.25) is 0 Å². The summed E-state index contributed by atoms with van der Waals surface area (Å²) < 4.78 is 28.6. The number of rotatable bonds is 4. The van der Waals surface area contributed by atoms with Gasteiger partial charge < -0.3 is 9.88 Å². The highest BCUT2D eigenvalue weighted by atomic mass is 19.1. The second-order valence-electron chi connectivity index (χ2n) is 11.1. The second kappa shape index (κ2) is 9.76. The third-order valence-electron chi connectivity index (χ3n) is 9.04. The van der Waals surface area contributed by atoms with E-state index in [0.717, 1.165) is 46.1 Å². The molecule has 2 heterocycles. The van der Waals surface area contributed by atoms with Crippen molar-refractivity contribution in [2.24, 2.45) is 0 Å². The fourth-order valence-corrected chi connectivity index (χ4v) is 6.96. The molecule has 200 valence electrons. The summed E-state index contributed by atoms with van der Waals surface area (Å²) in [7, 11) is 4.10. The van der Waals surface area contributed by atoms with Gasteiger partial charge in [0.2, 0.25) is 5.91 Å². The Morgan fingerprint density at radius 1 is 0.923 bits per heavy atom. The number of nitrogens with zero attached hydrogens (tertiary/aromatic N) is 2. The first-order chi connectivity index (χ1) is 18.8. The zero-order valence-electron chi connectivity index (χ0n) is 22.4. The van der Waals surface area contributed by atoms with Crippen molar-refractivity contribution in [3.05, 3.63) is 113 Å². The number of aromatic nitrogens is 1. The number of H-pyrrole nitrogens is 1. The van der Waals surface area contributed by atoms with Crippen molar-refractivity contribution in [1.82, 2.24) is 14.8 Å². The van der Waals surface area contributed by atoms with Crippen molar-refractivity contribution in [2.45, 2.75) is 43.2 Å². The molecule has 6 rings (SSSR count). The quantitative estimate of drug-likeness (QED) is 0.299. The summed E-state index contributed by atoms with van der Waals surface area (Å²) in [6.07, 6.45) is 7.10. The number of carbonyl (C=O) groups excluding carboxylic acids is 1. The average molecular weight is 526 g/mol. The first-order valence-corrected chi connectivity index (χ1v) is 13.6. The van der Waals surface area contributed by atoms with Gasteiger partial charge in [0, 0.05) is 34.8 Å². The molecule has 0 bridgehead atoms. The van der Waals surface area contributed by atoms with Crippen LogP contribution >= 0.6 is 0 Å². The molecular formula is C33H33F2N3O. The molecule has 0 atom stereocenters. The van der Waals surface area contributed by atoms with Crippen molar-refractivity contribution in [3.63, 3.8) is 0 Å². The molecular weight excluding hydrogens is 492 g/mol. The highest BCUT2D eigenvalue weighted by molar-refractivity contribution is 5.93. The van der Waals surface area contributed by atoms with Crippen LogP contribution in [0.5, 0.6) is 0 Å². The smallest absolute Gasteiger partial charge is 0.247 e. The number of amides is 1. The first kappa shape index (κ1) is 25.5. The number of aromatic amines is 1. The Morgan fingerprint density at radius 2 is 1.67 bits per heavy atom. The van der Waals surface area contributed by atoms with Gasteiger partial charge in [0.05, 0.1) is 5.54 Å². The summed E-state index contributed by atoms with van der Waals surface area (Å²) in [5, 5.41) is 0.894. The first-order valence-electron chi connectivity index (χ1n) is 13.6. The largest absolute Gasteiger partial charge is 0.356 e. The van der Waals surface area contributed by atoms with Gasteiger partial charge in [-0.2, -0.15) is 0 Å². The number of halogens is 2. The molecule has 39 heavy (non-hydrogen) atoms. The number of hydrogen-bond acceptors (Lipinski definition) is 2. The average Bonchev–Trinajstić information content (AvgIpc) is 3.32. The summed E-state index contributed by atoms with van der Waals surface area (Å²) in [6, 6.07) is 21.6. The molecule has 1 aliphatic carbocycles. The number of hydrogen-bond donors (Lipinski definition) is 1. The molecule has 0 saturated heterocycles. The Bertz CT molecular complexity index is 1550. The van der Waals surface area contributed by atoms with Crippen molar-refractivity contribution in [3.8, 4) is 0 Å². The van der Waals surface area contributed by atoms with Crippen LogP contribution in [0, 0.1) is 11.6 Å². The Hall–Kier alpha value is -3.77. The lowest BCUT2D eigenvalue weighted by atomic mass is 9.65. The van der Waals surface area contributed by atoms with Crippen LogP contribution < -0.4 is 0 Å². The maximum absolute atomic E-state index is 14.3. The van der Waals surface area contributed by atoms with Crippen LogP contribution in [0.3, 0.4) is 0 Å². The lowest BCUT2D eigenvalue weighted by Gasteiger charge is -2.55. The van der Waals surface area contributed by atoms with Gasteiger partial charge in [-0.15, -0.1) is 0 Å². The van der Waals surface area contributed by atoms with Crippen LogP contribution in [-0.4, -0.2) is 41.3 Å². The predicted molar refractivity (Wildman–Crippen MR) is 151 cm³/mol. The van der Waals surface area contributed by atoms with E-state index >= 15 is 0 Å². The van der Waals surface area contributed by atoms with Gasteiger partial charge in [0.1, 0.15) is 11.6 Å². The molecule has 0 unspecified atom stereocenters. The highest BCUT2D eigenvalue weighted by Crippen LogP contribution is 2.53. The monoisotopic (exact) mass is 525 g/mol. The van der Waals surface area contributed by atoms with Crippen LogP contribution in [0.1, 0.15) is 48.1 Å². The molecule has 4 nitrogen and oxygen atoms in total. The summed E-state index contributed by atoms with van der Waals surface area (Å²) in [6.45, 7) is 0.559. The molecule has 1 saturated carbocycles. The maximum atomic E-state index is 14.3.